The Bertz CT molecular complexity index is 471. The highest BCUT2D eigenvalue weighted by Gasteiger charge is 2.35. The van der Waals surface area contributed by atoms with Crippen LogP contribution in [0, 0.1) is 6.92 Å². The fourth-order valence-corrected chi connectivity index (χ4v) is 3.57. The average molecular weight is 294 g/mol. The van der Waals surface area contributed by atoms with E-state index in [0.29, 0.717) is 6.04 Å². The van der Waals surface area contributed by atoms with Crippen LogP contribution in [0.1, 0.15) is 37.8 Å². The van der Waals surface area contributed by atoms with Gasteiger partial charge < -0.3 is 5.32 Å². The molecule has 1 aliphatic carbocycles. The van der Waals surface area contributed by atoms with Crippen molar-refractivity contribution in [1.29, 1.82) is 0 Å². The number of rotatable bonds is 4. The van der Waals surface area contributed by atoms with Gasteiger partial charge >= 0.3 is 6.03 Å². The number of nitrogens with zero attached hydrogens (tertiary/aromatic N) is 2. The monoisotopic (exact) mass is 294 g/mol. The third-order valence-electron chi connectivity index (χ3n) is 4.05. The summed E-state index contributed by atoms with van der Waals surface area (Å²) in [5.41, 5.74) is 0.942. The first-order valence-corrected chi connectivity index (χ1v) is 8.23. The standard InChI is InChI=1S/C14H22N4OS/c1-10-8-13(20-17-10)16-14(19)15-9-12-4-2-3-7-18(12)11-5-6-11/h8,11-12H,2-7,9H2,1H3,(H2,15,16,19). The van der Waals surface area contributed by atoms with Gasteiger partial charge in [-0.3, -0.25) is 10.2 Å². The van der Waals surface area contributed by atoms with Crippen molar-refractivity contribution in [2.45, 2.75) is 51.1 Å². The lowest BCUT2D eigenvalue weighted by Crippen LogP contribution is -2.48. The summed E-state index contributed by atoms with van der Waals surface area (Å²) in [4.78, 5) is 14.5. The second kappa shape index (κ2) is 6.10. The second-order valence-electron chi connectivity index (χ2n) is 5.79. The zero-order valence-electron chi connectivity index (χ0n) is 11.9. The molecule has 1 unspecified atom stereocenters. The SMILES string of the molecule is Cc1cc(NC(=O)NCC2CCCCN2C2CC2)sn1. The molecule has 1 aromatic heterocycles. The largest absolute Gasteiger partial charge is 0.336 e. The topological polar surface area (TPSA) is 57.3 Å². The molecule has 2 N–H and O–H groups in total. The summed E-state index contributed by atoms with van der Waals surface area (Å²) in [6, 6.07) is 3.08. The third kappa shape index (κ3) is 3.49. The minimum Gasteiger partial charge on any atom is -0.336 e. The van der Waals surface area contributed by atoms with Gasteiger partial charge in [-0.25, -0.2) is 4.79 Å². The Kier molecular flexibility index (Phi) is 4.21. The number of aromatic nitrogens is 1. The van der Waals surface area contributed by atoms with Crippen LogP contribution in [0.15, 0.2) is 6.07 Å². The molecule has 0 radical (unpaired) electrons. The van der Waals surface area contributed by atoms with Crippen LogP contribution in [0.5, 0.6) is 0 Å². The van der Waals surface area contributed by atoms with Crippen molar-refractivity contribution in [3.05, 3.63) is 11.8 Å². The Hall–Kier alpha value is -1.14. The zero-order chi connectivity index (χ0) is 13.9. The quantitative estimate of drug-likeness (QED) is 0.897. The van der Waals surface area contributed by atoms with Gasteiger partial charge in [-0.1, -0.05) is 6.42 Å². The lowest BCUT2D eigenvalue weighted by atomic mass is 10.0. The highest BCUT2D eigenvalue weighted by Crippen LogP contribution is 2.32. The average Bonchev–Trinajstić information content (AvgIpc) is 3.21. The van der Waals surface area contributed by atoms with Crippen LogP contribution >= 0.6 is 11.5 Å². The van der Waals surface area contributed by atoms with Gasteiger partial charge in [0.1, 0.15) is 5.00 Å². The van der Waals surface area contributed by atoms with Gasteiger partial charge in [0.15, 0.2) is 0 Å². The van der Waals surface area contributed by atoms with Crippen molar-refractivity contribution in [1.82, 2.24) is 14.6 Å². The van der Waals surface area contributed by atoms with E-state index in [4.69, 9.17) is 0 Å². The summed E-state index contributed by atoms with van der Waals surface area (Å²) < 4.78 is 4.15. The number of aryl methyl sites for hydroxylation is 1. The molecule has 1 saturated heterocycles. The molecule has 20 heavy (non-hydrogen) atoms. The van der Waals surface area contributed by atoms with Crippen LogP contribution in [0.2, 0.25) is 0 Å². The number of urea groups is 1. The predicted octanol–water partition coefficient (Wildman–Crippen LogP) is 2.59. The van der Waals surface area contributed by atoms with E-state index in [-0.39, 0.29) is 6.03 Å². The number of carbonyl (C=O) groups is 1. The maximum absolute atomic E-state index is 11.9. The first-order valence-electron chi connectivity index (χ1n) is 7.46. The molecular weight excluding hydrogens is 272 g/mol. The summed E-state index contributed by atoms with van der Waals surface area (Å²) in [5.74, 6) is 0. The Morgan fingerprint density at radius 1 is 1.45 bits per heavy atom. The van der Waals surface area contributed by atoms with Gasteiger partial charge in [-0.2, -0.15) is 4.37 Å². The van der Waals surface area contributed by atoms with Gasteiger partial charge in [0.2, 0.25) is 0 Å². The lowest BCUT2D eigenvalue weighted by Gasteiger charge is -2.35. The lowest BCUT2D eigenvalue weighted by molar-refractivity contribution is 0.138. The fourth-order valence-electron chi connectivity index (χ4n) is 2.92. The summed E-state index contributed by atoms with van der Waals surface area (Å²) >= 11 is 1.32. The number of carbonyl (C=O) groups excluding carboxylic acids is 1. The van der Waals surface area contributed by atoms with E-state index < -0.39 is 0 Å². The maximum atomic E-state index is 11.9. The molecule has 0 aromatic carbocycles. The minimum atomic E-state index is -0.116. The molecule has 5 nitrogen and oxygen atoms in total. The first kappa shape index (κ1) is 13.8. The molecule has 2 fully saturated rings. The van der Waals surface area contributed by atoms with Crippen molar-refractivity contribution in [3.63, 3.8) is 0 Å². The van der Waals surface area contributed by atoms with E-state index in [2.05, 4.69) is 19.9 Å². The Labute approximate surface area is 123 Å². The predicted molar refractivity (Wildman–Crippen MR) is 81.2 cm³/mol. The van der Waals surface area contributed by atoms with Gasteiger partial charge in [0.05, 0.1) is 5.69 Å². The summed E-state index contributed by atoms with van der Waals surface area (Å²) in [5, 5.41) is 6.67. The first-order chi connectivity index (χ1) is 9.72. The number of amides is 2. The zero-order valence-corrected chi connectivity index (χ0v) is 12.7. The number of piperidine rings is 1. The van der Waals surface area contributed by atoms with Crippen LogP contribution in [0.4, 0.5) is 9.80 Å². The highest BCUT2D eigenvalue weighted by atomic mass is 32.1. The molecule has 3 rings (SSSR count). The Balaban J connectivity index is 1.46. The van der Waals surface area contributed by atoms with Crippen molar-refractivity contribution in [3.8, 4) is 0 Å². The summed E-state index contributed by atoms with van der Waals surface area (Å²) in [7, 11) is 0. The molecule has 1 atom stereocenters. The van der Waals surface area contributed by atoms with Gasteiger partial charge in [0.25, 0.3) is 0 Å². The van der Waals surface area contributed by atoms with Crippen LogP contribution in [0.3, 0.4) is 0 Å². The fraction of sp³-hybridized carbons (Fsp3) is 0.714. The molecular formula is C14H22N4OS. The molecule has 1 aliphatic heterocycles. The van der Waals surface area contributed by atoms with E-state index in [1.807, 2.05) is 13.0 Å². The maximum Gasteiger partial charge on any atom is 0.319 e. The highest BCUT2D eigenvalue weighted by molar-refractivity contribution is 7.10. The smallest absolute Gasteiger partial charge is 0.319 e. The molecule has 110 valence electrons. The second-order valence-corrected chi connectivity index (χ2v) is 6.59. The van der Waals surface area contributed by atoms with Gasteiger partial charge in [-0.05, 0) is 56.8 Å². The van der Waals surface area contributed by atoms with E-state index in [1.54, 1.807) is 0 Å². The Morgan fingerprint density at radius 3 is 3.00 bits per heavy atom. The summed E-state index contributed by atoms with van der Waals surface area (Å²) in [6.07, 6.45) is 6.46. The van der Waals surface area contributed by atoms with Crippen LogP contribution in [-0.2, 0) is 0 Å². The third-order valence-corrected chi connectivity index (χ3v) is 4.85. The van der Waals surface area contributed by atoms with E-state index in [9.17, 15) is 4.79 Å². The molecule has 2 aliphatic rings. The van der Waals surface area contributed by atoms with Crippen LogP contribution in [0.25, 0.3) is 0 Å². The molecule has 1 saturated carbocycles. The van der Waals surface area contributed by atoms with E-state index in [1.165, 1.54) is 50.2 Å². The van der Waals surface area contributed by atoms with Crippen molar-refractivity contribution in [2.75, 3.05) is 18.4 Å². The molecule has 0 spiro atoms. The molecule has 2 amide bonds. The molecule has 2 heterocycles. The number of anilines is 1. The van der Waals surface area contributed by atoms with Crippen molar-refractivity contribution >= 4 is 22.6 Å². The Morgan fingerprint density at radius 2 is 2.30 bits per heavy atom. The van der Waals surface area contributed by atoms with Gasteiger partial charge in [-0.15, -0.1) is 0 Å². The minimum absolute atomic E-state index is 0.116. The van der Waals surface area contributed by atoms with Crippen LogP contribution < -0.4 is 10.6 Å². The molecule has 0 bridgehead atoms. The number of nitrogens with one attached hydrogen (secondary N) is 2. The summed E-state index contributed by atoms with van der Waals surface area (Å²) in [6.45, 7) is 3.88. The van der Waals surface area contributed by atoms with Crippen molar-refractivity contribution < 1.29 is 4.79 Å². The van der Waals surface area contributed by atoms with E-state index in [0.717, 1.165) is 23.3 Å². The molecule has 1 aromatic rings. The number of likely N-dealkylation sites (tertiary alicyclic amines) is 1. The molecule has 6 heteroatoms. The number of hydrogen-bond acceptors (Lipinski definition) is 4. The normalized spacial score (nSPS) is 23.6. The van der Waals surface area contributed by atoms with E-state index >= 15 is 0 Å². The number of hydrogen-bond donors (Lipinski definition) is 2. The van der Waals surface area contributed by atoms with Gasteiger partial charge in [0, 0.05) is 18.6 Å². The van der Waals surface area contributed by atoms with Crippen LogP contribution in [-0.4, -0.2) is 40.5 Å². The van der Waals surface area contributed by atoms with Crippen molar-refractivity contribution in [2.24, 2.45) is 0 Å².